The summed E-state index contributed by atoms with van der Waals surface area (Å²) in [6.45, 7) is 4.67. The van der Waals surface area contributed by atoms with E-state index < -0.39 is 0 Å². The molecular weight excluding hydrogens is 306 g/mol. The average molecular weight is 331 g/mol. The molecule has 1 saturated carbocycles. The molecule has 128 valence electrons. The van der Waals surface area contributed by atoms with Crippen molar-refractivity contribution in [3.05, 3.63) is 66.0 Å². The van der Waals surface area contributed by atoms with Gasteiger partial charge in [-0.3, -0.25) is 0 Å². The molecule has 2 aromatic rings. The lowest BCUT2D eigenvalue weighted by Gasteiger charge is -2.42. The highest BCUT2D eigenvalue weighted by Crippen LogP contribution is 2.49. The summed E-state index contributed by atoms with van der Waals surface area (Å²) < 4.78 is 0. The number of hydrogen-bond acceptors (Lipinski definition) is 3. The molecule has 2 atom stereocenters. The zero-order valence-electron chi connectivity index (χ0n) is 14.9. The van der Waals surface area contributed by atoms with Gasteiger partial charge in [0.25, 0.3) is 0 Å². The van der Waals surface area contributed by atoms with Crippen molar-refractivity contribution in [2.75, 3.05) is 5.73 Å². The Balaban J connectivity index is 1.71. The summed E-state index contributed by atoms with van der Waals surface area (Å²) in [5, 5.41) is 0. The zero-order valence-corrected chi connectivity index (χ0v) is 14.9. The van der Waals surface area contributed by atoms with Crippen molar-refractivity contribution in [1.29, 1.82) is 0 Å². The van der Waals surface area contributed by atoms with Gasteiger partial charge in [0.1, 0.15) is 0 Å². The monoisotopic (exact) mass is 331 g/mol. The van der Waals surface area contributed by atoms with Crippen LogP contribution < -0.4 is 5.73 Å². The van der Waals surface area contributed by atoms with Gasteiger partial charge in [0.15, 0.2) is 0 Å². The van der Waals surface area contributed by atoms with E-state index in [9.17, 15) is 0 Å². The molecule has 0 bridgehead atoms. The van der Waals surface area contributed by atoms with Crippen molar-refractivity contribution >= 4 is 5.95 Å². The number of nitrogens with zero attached hydrogens (tertiary/aromatic N) is 2. The number of allylic oxidation sites excluding steroid dienone is 4. The second-order valence-corrected chi connectivity index (χ2v) is 7.67. The first-order valence-electron chi connectivity index (χ1n) is 9.15. The molecule has 1 heterocycles. The second kappa shape index (κ2) is 6.14. The van der Waals surface area contributed by atoms with Crippen LogP contribution in [-0.4, -0.2) is 9.97 Å². The molecule has 3 heteroatoms. The summed E-state index contributed by atoms with van der Waals surface area (Å²) >= 11 is 0. The number of rotatable bonds is 3. The molecular formula is C22H25N3. The van der Waals surface area contributed by atoms with Crippen LogP contribution in [0.5, 0.6) is 0 Å². The van der Waals surface area contributed by atoms with Gasteiger partial charge in [0.05, 0.1) is 5.69 Å². The lowest BCUT2D eigenvalue weighted by atomic mass is 9.63. The van der Waals surface area contributed by atoms with Crippen LogP contribution in [0.3, 0.4) is 0 Å². The topological polar surface area (TPSA) is 51.8 Å². The third-order valence-corrected chi connectivity index (χ3v) is 5.88. The fraction of sp³-hybridized carbons (Fsp3) is 0.364. The van der Waals surface area contributed by atoms with Gasteiger partial charge >= 0.3 is 0 Å². The van der Waals surface area contributed by atoms with Crippen LogP contribution in [-0.2, 0) is 0 Å². The molecule has 0 saturated heterocycles. The lowest BCUT2D eigenvalue weighted by molar-refractivity contribution is 0.217. The van der Waals surface area contributed by atoms with E-state index in [0.717, 1.165) is 16.8 Å². The lowest BCUT2D eigenvalue weighted by Crippen LogP contribution is -2.29. The van der Waals surface area contributed by atoms with E-state index in [4.69, 9.17) is 5.73 Å². The second-order valence-electron chi connectivity index (χ2n) is 7.67. The fourth-order valence-corrected chi connectivity index (χ4v) is 4.07. The summed E-state index contributed by atoms with van der Waals surface area (Å²) in [5.74, 6) is 0.970. The number of nitrogen functional groups attached to an aromatic ring is 1. The smallest absolute Gasteiger partial charge is 0.220 e. The van der Waals surface area contributed by atoms with Crippen LogP contribution in [0.2, 0.25) is 0 Å². The van der Waals surface area contributed by atoms with Crippen LogP contribution in [0.15, 0.2) is 60.3 Å². The first kappa shape index (κ1) is 16.1. The maximum absolute atomic E-state index is 5.92. The van der Waals surface area contributed by atoms with Crippen molar-refractivity contribution in [2.24, 2.45) is 11.3 Å². The highest BCUT2D eigenvalue weighted by Gasteiger charge is 2.36. The molecule has 2 aliphatic carbocycles. The Morgan fingerprint density at radius 1 is 1.16 bits per heavy atom. The Bertz CT molecular complexity index is 832. The first-order valence-corrected chi connectivity index (χ1v) is 9.15. The summed E-state index contributed by atoms with van der Waals surface area (Å²) in [6.07, 6.45) is 12.9. The van der Waals surface area contributed by atoms with Crippen LogP contribution in [0, 0.1) is 11.3 Å². The molecule has 2 N–H and O–H groups in total. The van der Waals surface area contributed by atoms with Crippen molar-refractivity contribution in [1.82, 2.24) is 9.97 Å². The number of anilines is 1. The van der Waals surface area contributed by atoms with E-state index in [1.165, 1.54) is 24.8 Å². The SMILES string of the molecule is CC1C=C(C2(C)CCC2)C=CC1c1nc(N)ncc1-c1ccccc1. The summed E-state index contributed by atoms with van der Waals surface area (Å²) in [6, 6.07) is 10.3. The highest BCUT2D eigenvalue weighted by atomic mass is 15.0. The van der Waals surface area contributed by atoms with Gasteiger partial charge in [-0.25, -0.2) is 9.97 Å². The summed E-state index contributed by atoms with van der Waals surface area (Å²) in [7, 11) is 0. The van der Waals surface area contributed by atoms with Gasteiger partial charge < -0.3 is 5.73 Å². The summed E-state index contributed by atoms with van der Waals surface area (Å²) in [4.78, 5) is 8.87. The summed E-state index contributed by atoms with van der Waals surface area (Å²) in [5.41, 5.74) is 11.0. The number of aromatic nitrogens is 2. The minimum Gasteiger partial charge on any atom is -0.368 e. The van der Waals surface area contributed by atoms with Crippen LogP contribution in [0.25, 0.3) is 11.1 Å². The molecule has 0 amide bonds. The van der Waals surface area contributed by atoms with Gasteiger partial charge in [0, 0.05) is 17.7 Å². The normalized spacial score (nSPS) is 24.5. The van der Waals surface area contributed by atoms with Crippen LogP contribution in [0.4, 0.5) is 5.95 Å². The Labute approximate surface area is 149 Å². The maximum atomic E-state index is 5.92. The molecule has 2 aliphatic rings. The third kappa shape index (κ3) is 2.88. The van der Waals surface area contributed by atoms with E-state index in [1.807, 2.05) is 24.4 Å². The molecule has 1 aromatic carbocycles. The first-order chi connectivity index (χ1) is 12.1. The van der Waals surface area contributed by atoms with Crippen LogP contribution in [0.1, 0.15) is 44.7 Å². The molecule has 0 aliphatic heterocycles. The Morgan fingerprint density at radius 2 is 1.92 bits per heavy atom. The predicted molar refractivity (Wildman–Crippen MR) is 103 cm³/mol. The van der Waals surface area contributed by atoms with Crippen molar-refractivity contribution < 1.29 is 0 Å². The van der Waals surface area contributed by atoms with Gasteiger partial charge in [-0.15, -0.1) is 0 Å². The van der Waals surface area contributed by atoms with E-state index in [0.29, 0.717) is 17.3 Å². The third-order valence-electron chi connectivity index (χ3n) is 5.88. The minimum absolute atomic E-state index is 0.230. The van der Waals surface area contributed by atoms with Crippen molar-refractivity contribution in [3.8, 4) is 11.1 Å². The molecule has 0 radical (unpaired) electrons. The molecule has 2 unspecified atom stereocenters. The number of hydrogen-bond donors (Lipinski definition) is 1. The Morgan fingerprint density at radius 3 is 2.56 bits per heavy atom. The molecule has 3 nitrogen and oxygen atoms in total. The Kier molecular flexibility index (Phi) is 3.95. The van der Waals surface area contributed by atoms with E-state index in [2.05, 4.69) is 54.2 Å². The van der Waals surface area contributed by atoms with E-state index in [-0.39, 0.29) is 5.92 Å². The number of benzene rings is 1. The Hall–Kier alpha value is -2.42. The molecule has 0 spiro atoms. The minimum atomic E-state index is 0.230. The average Bonchev–Trinajstić information content (AvgIpc) is 2.60. The van der Waals surface area contributed by atoms with Crippen molar-refractivity contribution in [3.63, 3.8) is 0 Å². The van der Waals surface area contributed by atoms with Gasteiger partial charge in [-0.2, -0.15) is 0 Å². The van der Waals surface area contributed by atoms with Crippen LogP contribution >= 0.6 is 0 Å². The van der Waals surface area contributed by atoms with E-state index in [1.54, 1.807) is 0 Å². The van der Waals surface area contributed by atoms with E-state index >= 15 is 0 Å². The van der Waals surface area contributed by atoms with Gasteiger partial charge in [-0.1, -0.05) is 68.8 Å². The molecule has 1 fully saturated rings. The van der Waals surface area contributed by atoms with Crippen molar-refractivity contribution in [2.45, 2.75) is 39.0 Å². The van der Waals surface area contributed by atoms with Gasteiger partial charge in [0.2, 0.25) is 5.95 Å². The molecule has 4 rings (SSSR count). The standard InChI is InChI=1S/C22H25N3/c1-15-13-17(22(2)11-6-12-22)9-10-18(15)20-19(14-24-21(23)25-20)16-7-4-3-5-8-16/h3-5,7-10,13-15,18H,6,11-12H2,1-2H3,(H2,23,24,25). The highest BCUT2D eigenvalue weighted by molar-refractivity contribution is 5.67. The van der Waals surface area contributed by atoms with Gasteiger partial charge in [-0.05, 0) is 35.3 Å². The maximum Gasteiger partial charge on any atom is 0.220 e. The molecule has 25 heavy (non-hydrogen) atoms. The quantitative estimate of drug-likeness (QED) is 0.848. The fourth-order valence-electron chi connectivity index (χ4n) is 4.07. The molecule has 1 aromatic heterocycles. The largest absolute Gasteiger partial charge is 0.368 e. The predicted octanol–water partition coefficient (Wildman–Crippen LogP) is 5.13. The number of nitrogens with two attached hydrogens (primary N) is 1. The zero-order chi connectivity index (χ0) is 17.4.